The number of hydrogen-bond donors (Lipinski definition) is 0. The van der Waals surface area contributed by atoms with E-state index in [2.05, 4.69) is 15.3 Å². The summed E-state index contributed by atoms with van der Waals surface area (Å²) in [6, 6.07) is 4.98. The molecule has 0 spiro atoms. The third kappa shape index (κ3) is 3.35. The van der Waals surface area contributed by atoms with E-state index in [-0.39, 0.29) is 16.4 Å². The van der Waals surface area contributed by atoms with Gasteiger partial charge in [-0.15, -0.1) is 10.2 Å². The van der Waals surface area contributed by atoms with Crippen LogP contribution >= 0.6 is 11.8 Å². The molecule has 0 aliphatic carbocycles. The van der Waals surface area contributed by atoms with E-state index in [4.69, 9.17) is 0 Å². The second kappa shape index (κ2) is 6.30. The molecule has 0 amide bonds. The van der Waals surface area contributed by atoms with Crippen molar-refractivity contribution in [3.63, 3.8) is 0 Å². The number of aryl methyl sites for hydroxylation is 1. The van der Waals surface area contributed by atoms with E-state index in [1.54, 1.807) is 6.26 Å². The van der Waals surface area contributed by atoms with Crippen molar-refractivity contribution in [2.75, 3.05) is 6.26 Å². The zero-order valence-corrected chi connectivity index (χ0v) is 12.4. The first-order chi connectivity index (χ1) is 10.3. The van der Waals surface area contributed by atoms with Crippen LogP contribution in [-0.2, 0) is 6.18 Å². The van der Waals surface area contributed by atoms with Gasteiger partial charge in [0.05, 0.1) is 11.8 Å². The summed E-state index contributed by atoms with van der Waals surface area (Å²) in [6.07, 6.45) is -1.85. The second-order valence-corrected chi connectivity index (χ2v) is 4.99. The second-order valence-electron chi connectivity index (χ2n) is 4.22. The molecular formula is C13H11F3N4OS. The lowest BCUT2D eigenvalue weighted by molar-refractivity contribution is -0.137. The Morgan fingerprint density at radius 1 is 1.27 bits per heavy atom. The standard InChI is InChI=1S/C13H11F3N4OS/c1-8-11(21)20(12(22-2)19-18-8)17-7-9-5-3-4-6-10(9)13(14,15)16/h3-7H,1-2H3/b17-7-. The Hall–Kier alpha value is -2.16. The van der Waals surface area contributed by atoms with Gasteiger partial charge in [-0.2, -0.15) is 22.9 Å². The Morgan fingerprint density at radius 2 is 1.95 bits per heavy atom. The summed E-state index contributed by atoms with van der Waals surface area (Å²) in [7, 11) is 0. The van der Waals surface area contributed by atoms with Gasteiger partial charge in [0.25, 0.3) is 5.56 Å². The van der Waals surface area contributed by atoms with Crippen molar-refractivity contribution < 1.29 is 13.2 Å². The summed E-state index contributed by atoms with van der Waals surface area (Å²) in [4.78, 5) is 12.0. The normalized spacial score (nSPS) is 12.0. The molecule has 2 rings (SSSR count). The van der Waals surface area contributed by atoms with Gasteiger partial charge in [0.1, 0.15) is 5.69 Å². The fourth-order valence-corrected chi connectivity index (χ4v) is 2.09. The molecule has 0 atom stereocenters. The SMILES string of the molecule is CSc1nnc(C)c(=O)n1/N=C\c1ccccc1C(F)(F)F. The quantitative estimate of drug-likeness (QED) is 0.642. The minimum atomic E-state index is -4.50. The van der Waals surface area contributed by atoms with Crippen molar-refractivity contribution in [2.24, 2.45) is 5.10 Å². The Kier molecular flexibility index (Phi) is 4.65. The Labute approximate surface area is 127 Å². The lowest BCUT2D eigenvalue weighted by atomic mass is 10.1. The van der Waals surface area contributed by atoms with Crippen molar-refractivity contribution in [1.29, 1.82) is 0 Å². The minimum absolute atomic E-state index is 0.110. The number of benzene rings is 1. The first kappa shape index (κ1) is 16.2. The van der Waals surface area contributed by atoms with Crippen LogP contribution in [0.15, 0.2) is 39.3 Å². The van der Waals surface area contributed by atoms with E-state index in [1.165, 1.54) is 25.1 Å². The van der Waals surface area contributed by atoms with E-state index in [1.807, 2.05) is 0 Å². The van der Waals surface area contributed by atoms with E-state index >= 15 is 0 Å². The molecule has 0 radical (unpaired) electrons. The van der Waals surface area contributed by atoms with Crippen LogP contribution in [-0.4, -0.2) is 27.3 Å². The van der Waals surface area contributed by atoms with Crippen molar-refractivity contribution in [3.8, 4) is 0 Å². The van der Waals surface area contributed by atoms with Gasteiger partial charge in [-0.05, 0) is 19.2 Å². The van der Waals surface area contributed by atoms with E-state index < -0.39 is 17.3 Å². The fourth-order valence-electron chi connectivity index (χ4n) is 1.66. The maximum Gasteiger partial charge on any atom is 0.417 e. The van der Waals surface area contributed by atoms with Crippen molar-refractivity contribution in [1.82, 2.24) is 14.9 Å². The highest BCUT2D eigenvalue weighted by atomic mass is 32.2. The first-order valence-corrected chi connectivity index (χ1v) is 7.28. The maximum absolute atomic E-state index is 12.9. The van der Waals surface area contributed by atoms with Gasteiger partial charge < -0.3 is 0 Å². The van der Waals surface area contributed by atoms with Crippen LogP contribution in [0.25, 0.3) is 0 Å². The predicted octanol–water partition coefficient (Wildman–Crippen LogP) is 2.57. The Balaban J connectivity index is 2.51. The molecule has 0 saturated heterocycles. The highest BCUT2D eigenvalue weighted by molar-refractivity contribution is 7.98. The molecular weight excluding hydrogens is 317 g/mol. The number of thioether (sulfide) groups is 1. The smallest absolute Gasteiger partial charge is 0.265 e. The highest BCUT2D eigenvalue weighted by Gasteiger charge is 2.32. The molecule has 0 N–H and O–H groups in total. The molecule has 0 unspecified atom stereocenters. The van der Waals surface area contributed by atoms with Gasteiger partial charge in [0, 0.05) is 5.56 Å². The minimum Gasteiger partial charge on any atom is -0.265 e. The largest absolute Gasteiger partial charge is 0.417 e. The average molecular weight is 328 g/mol. The number of aromatic nitrogens is 3. The number of halogens is 3. The summed E-state index contributed by atoms with van der Waals surface area (Å²) in [6.45, 7) is 1.45. The average Bonchev–Trinajstić information content (AvgIpc) is 2.48. The molecule has 2 aromatic rings. The number of nitrogens with zero attached hydrogens (tertiary/aromatic N) is 4. The van der Waals surface area contributed by atoms with Gasteiger partial charge >= 0.3 is 6.18 Å². The zero-order chi connectivity index (χ0) is 16.3. The molecule has 0 fully saturated rings. The van der Waals surface area contributed by atoms with Crippen molar-refractivity contribution in [3.05, 3.63) is 51.4 Å². The highest BCUT2D eigenvalue weighted by Crippen LogP contribution is 2.31. The number of rotatable bonds is 3. The summed E-state index contributed by atoms with van der Waals surface area (Å²) < 4.78 is 39.6. The Morgan fingerprint density at radius 3 is 2.59 bits per heavy atom. The monoisotopic (exact) mass is 328 g/mol. The first-order valence-electron chi connectivity index (χ1n) is 6.05. The van der Waals surface area contributed by atoms with Gasteiger partial charge in [0.2, 0.25) is 5.16 Å². The zero-order valence-electron chi connectivity index (χ0n) is 11.6. The van der Waals surface area contributed by atoms with E-state index in [0.717, 1.165) is 28.7 Å². The molecule has 0 saturated carbocycles. The fraction of sp³-hybridized carbons (Fsp3) is 0.231. The van der Waals surface area contributed by atoms with Crippen molar-refractivity contribution in [2.45, 2.75) is 18.3 Å². The van der Waals surface area contributed by atoms with Gasteiger partial charge in [-0.25, -0.2) is 0 Å². The van der Waals surface area contributed by atoms with Crippen molar-refractivity contribution >= 4 is 18.0 Å². The van der Waals surface area contributed by atoms with Gasteiger partial charge in [-0.1, -0.05) is 30.0 Å². The molecule has 9 heteroatoms. The molecule has 0 aliphatic heterocycles. The lowest BCUT2D eigenvalue weighted by Gasteiger charge is -2.09. The predicted molar refractivity (Wildman–Crippen MR) is 77.2 cm³/mol. The van der Waals surface area contributed by atoms with E-state index in [9.17, 15) is 18.0 Å². The molecule has 116 valence electrons. The molecule has 5 nitrogen and oxygen atoms in total. The molecule has 1 aromatic carbocycles. The lowest BCUT2D eigenvalue weighted by Crippen LogP contribution is -2.23. The van der Waals surface area contributed by atoms with Crippen LogP contribution in [0.3, 0.4) is 0 Å². The van der Waals surface area contributed by atoms with Crippen LogP contribution in [0.1, 0.15) is 16.8 Å². The maximum atomic E-state index is 12.9. The third-order valence-corrected chi connectivity index (χ3v) is 3.35. The molecule has 0 aliphatic rings. The van der Waals surface area contributed by atoms with Crippen LogP contribution in [0.4, 0.5) is 13.2 Å². The van der Waals surface area contributed by atoms with Crippen LogP contribution in [0.5, 0.6) is 0 Å². The van der Waals surface area contributed by atoms with E-state index in [0.29, 0.717) is 0 Å². The van der Waals surface area contributed by atoms with Gasteiger partial charge in [0.15, 0.2) is 0 Å². The molecule has 1 heterocycles. The summed E-state index contributed by atoms with van der Waals surface area (Å²) >= 11 is 1.12. The Bertz CT molecular complexity index is 771. The number of alkyl halides is 3. The third-order valence-electron chi connectivity index (χ3n) is 2.73. The van der Waals surface area contributed by atoms with Crippen LogP contribution < -0.4 is 5.56 Å². The summed E-state index contributed by atoms with van der Waals surface area (Å²) in [5, 5.41) is 11.5. The summed E-state index contributed by atoms with van der Waals surface area (Å²) in [5.74, 6) is 0. The molecule has 22 heavy (non-hydrogen) atoms. The van der Waals surface area contributed by atoms with Crippen LogP contribution in [0, 0.1) is 6.92 Å². The summed E-state index contributed by atoms with van der Waals surface area (Å²) in [5.41, 5.74) is -1.38. The van der Waals surface area contributed by atoms with Gasteiger partial charge in [-0.3, -0.25) is 4.79 Å². The molecule has 0 bridgehead atoms. The van der Waals surface area contributed by atoms with Crippen LogP contribution in [0.2, 0.25) is 0 Å². The molecule has 1 aromatic heterocycles. The topological polar surface area (TPSA) is 60.1 Å². The number of hydrogen-bond acceptors (Lipinski definition) is 5.